The molecule has 1 aliphatic heterocycles. The molecule has 98 valence electrons. The van der Waals surface area contributed by atoms with Crippen LogP contribution in [-0.4, -0.2) is 12.5 Å². The van der Waals surface area contributed by atoms with E-state index in [1.807, 2.05) is 6.07 Å². The van der Waals surface area contributed by atoms with Gasteiger partial charge in [0.25, 0.3) is 0 Å². The average Bonchev–Trinajstić information content (AvgIpc) is 2.77. The molecule has 6 heteroatoms. The molecule has 0 saturated heterocycles. The first kappa shape index (κ1) is 12.6. The Morgan fingerprint density at radius 3 is 3.06 bits per heavy atom. The van der Waals surface area contributed by atoms with Crippen LogP contribution in [0.5, 0.6) is 0 Å². The lowest BCUT2D eigenvalue weighted by Gasteiger charge is -2.23. The Kier molecular flexibility index (Phi) is 4.01. The normalized spacial score (nSPS) is 19.9. The molecule has 1 aromatic heterocycles. The van der Waals surface area contributed by atoms with E-state index in [1.165, 1.54) is 44.1 Å². The number of fused-ring (bicyclic) bond motifs is 1. The number of nitrogens with one attached hydrogen (secondary N) is 2. The smallest absolute Gasteiger partial charge is 0.207 e. The molecule has 0 amide bonds. The highest BCUT2D eigenvalue weighted by atomic mass is 35.5. The number of hydrogen-bond acceptors (Lipinski definition) is 5. The van der Waals surface area contributed by atoms with Gasteiger partial charge in [0.15, 0.2) is 0 Å². The van der Waals surface area contributed by atoms with Crippen molar-refractivity contribution in [2.24, 2.45) is 10.3 Å². The van der Waals surface area contributed by atoms with Crippen molar-refractivity contribution in [1.82, 2.24) is 5.32 Å². The van der Waals surface area contributed by atoms with Crippen molar-refractivity contribution in [3.05, 3.63) is 10.4 Å². The third kappa shape index (κ3) is 2.95. The van der Waals surface area contributed by atoms with Gasteiger partial charge in [-0.2, -0.15) is 4.40 Å². The SMILES string of the molecule is Clc1cc2c(s1)SN=C(NCC1CCCCC1)N2. The molecule has 0 spiro atoms. The fourth-order valence-electron chi connectivity index (χ4n) is 2.45. The quantitative estimate of drug-likeness (QED) is 0.797. The predicted octanol–water partition coefficient (Wildman–Crippen LogP) is 4.36. The van der Waals surface area contributed by atoms with Crippen LogP contribution in [0.1, 0.15) is 32.1 Å². The summed E-state index contributed by atoms with van der Waals surface area (Å²) in [6, 6.07) is 1.96. The monoisotopic (exact) mass is 301 g/mol. The highest BCUT2D eigenvalue weighted by Gasteiger charge is 2.18. The zero-order chi connectivity index (χ0) is 12.4. The molecule has 1 fully saturated rings. The van der Waals surface area contributed by atoms with Crippen LogP contribution in [0, 0.1) is 5.92 Å². The minimum absolute atomic E-state index is 0.806. The summed E-state index contributed by atoms with van der Waals surface area (Å²) in [6.45, 7) is 1.03. The molecule has 0 radical (unpaired) electrons. The lowest BCUT2D eigenvalue weighted by molar-refractivity contribution is 0.357. The Balaban J connectivity index is 1.53. The molecule has 18 heavy (non-hydrogen) atoms. The summed E-state index contributed by atoms with van der Waals surface area (Å²) in [6.07, 6.45) is 6.87. The topological polar surface area (TPSA) is 36.4 Å². The van der Waals surface area contributed by atoms with E-state index >= 15 is 0 Å². The van der Waals surface area contributed by atoms with Crippen LogP contribution >= 0.6 is 34.9 Å². The van der Waals surface area contributed by atoms with Crippen LogP contribution in [0.4, 0.5) is 5.69 Å². The minimum Gasteiger partial charge on any atom is -0.355 e. The van der Waals surface area contributed by atoms with Crippen molar-refractivity contribution in [2.75, 3.05) is 11.9 Å². The lowest BCUT2D eigenvalue weighted by Crippen LogP contribution is -2.35. The number of guanidine groups is 1. The van der Waals surface area contributed by atoms with Crippen molar-refractivity contribution >= 4 is 46.5 Å². The van der Waals surface area contributed by atoms with E-state index in [0.717, 1.165) is 32.7 Å². The summed E-state index contributed by atoms with van der Waals surface area (Å²) in [5.74, 6) is 1.67. The van der Waals surface area contributed by atoms with E-state index in [0.29, 0.717) is 0 Å². The Morgan fingerprint density at radius 2 is 2.22 bits per heavy atom. The first-order chi connectivity index (χ1) is 8.81. The number of rotatable bonds is 2. The van der Waals surface area contributed by atoms with Gasteiger partial charge in [0, 0.05) is 18.5 Å². The Labute approximate surface area is 121 Å². The van der Waals surface area contributed by atoms with Crippen LogP contribution in [0.2, 0.25) is 4.34 Å². The van der Waals surface area contributed by atoms with Gasteiger partial charge in [-0.25, -0.2) is 0 Å². The summed E-state index contributed by atoms with van der Waals surface area (Å²) in [5.41, 5.74) is 1.08. The Bertz CT molecular complexity index is 452. The first-order valence-electron chi connectivity index (χ1n) is 6.36. The zero-order valence-electron chi connectivity index (χ0n) is 10.0. The third-order valence-corrected chi connectivity index (χ3v) is 5.62. The van der Waals surface area contributed by atoms with Crippen LogP contribution < -0.4 is 10.6 Å². The van der Waals surface area contributed by atoms with E-state index in [2.05, 4.69) is 15.0 Å². The molecule has 0 unspecified atom stereocenters. The van der Waals surface area contributed by atoms with E-state index in [-0.39, 0.29) is 0 Å². The number of nitrogens with zero attached hydrogens (tertiary/aromatic N) is 1. The van der Waals surface area contributed by atoms with Gasteiger partial charge in [-0.3, -0.25) is 0 Å². The van der Waals surface area contributed by atoms with Crippen LogP contribution in [0.3, 0.4) is 0 Å². The van der Waals surface area contributed by atoms with E-state index < -0.39 is 0 Å². The fraction of sp³-hybridized carbons (Fsp3) is 0.583. The second-order valence-electron chi connectivity index (χ2n) is 4.79. The van der Waals surface area contributed by atoms with E-state index in [4.69, 9.17) is 11.6 Å². The van der Waals surface area contributed by atoms with Crippen molar-refractivity contribution in [3.63, 3.8) is 0 Å². The summed E-state index contributed by atoms with van der Waals surface area (Å²) < 4.78 is 6.38. The van der Waals surface area contributed by atoms with Crippen LogP contribution in [-0.2, 0) is 0 Å². The molecule has 0 atom stereocenters. The first-order valence-corrected chi connectivity index (χ1v) is 8.33. The maximum atomic E-state index is 5.99. The molecule has 1 aromatic rings. The second kappa shape index (κ2) is 5.72. The molecule has 2 aliphatic rings. The molecular weight excluding hydrogens is 286 g/mol. The number of thiophene rings is 1. The molecule has 1 saturated carbocycles. The van der Waals surface area contributed by atoms with E-state index in [1.54, 1.807) is 11.3 Å². The van der Waals surface area contributed by atoms with E-state index in [9.17, 15) is 0 Å². The third-order valence-electron chi connectivity index (χ3n) is 3.42. The van der Waals surface area contributed by atoms with Gasteiger partial charge < -0.3 is 10.6 Å². The van der Waals surface area contributed by atoms with Crippen LogP contribution in [0.15, 0.2) is 14.7 Å². The number of halogens is 1. The zero-order valence-corrected chi connectivity index (χ0v) is 12.4. The largest absolute Gasteiger partial charge is 0.355 e. The average molecular weight is 302 g/mol. The molecule has 3 rings (SSSR count). The maximum absolute atomic E-state index is 5.99. The molecular formula is C12H16ClN3S2. The summed E-state index contributed by atoms with van der Waals surface area (Å²) in [5, 5.41) is 6.72. The summed E-state index contributed by atoms with van der Waals surface area (Å²) in [4.78, 5) is 0. The molecule has 3 nitrogen and oxygen atoms in total. The van der Waals surface area contributed by atoms with Gasteiger partial charge in [-0.05, 0) is 24.8 Å². The predicted molar refractivity (Wildman–Crippen MR) is 80.8 cm³/mol. The molecule has 1 aliphatic carbocycles. The molecule has 0 bridgehead atoms. The molecule has 0 aromatic carbocycles. The van der Waals surface area contributed by atoms with Gasteiger partial charge >= 0.3 is 0 Å². The highest BCUT2D eigenvalue weighted by molar-refractivity contribution is 8.00. The lowest BCUT2D eigenvalue weighted by atomic mass is 9.89. The molecule has 2 heterocycles. The molecule has 2 N–H and O–H groups in total. The van der Waals surface area contributed by atoms with Crippen molar-refractivity contribution in [3.8, 4) is 0 Å². The highest BCUT2D eigenvalue weighted by Crippen LogP contribution is 2.41. The van der Waals surface area contributed by atoms with Gasteiger partial charge in [0.2, 0.25) is 5.96 Å². The minimum atomic E-state index is 0.806. The van der Waals surface area contributed by atoms with Crippen molar-refractivity contribution < 1.29 is 0 Å². The van der Waals surface area contributed by atoms with Crippen molar-refractivity contribution in [1.29, 1.82) is 0 Å². The van der Waals surface area contributed by atoms with Gasteiger partial charge in [-0.1, -0.05) is 30.9 Å². The number of anilines is 1. The Morgan fingerprint density at radius 1 is 1.39 bits per heavy atom. The van der Waals surface area contributed by atoms with Crippen molar-refractivity contribution in [2.45, 2.75) is 36.3 Å². The summed E-state index contributed by atoms with van der Waals surface area (Å²) >= 11 is 9.06. The second-order valence-corrected chi connectivity index (χ2v) is 7.51. The summed E-state index contributed by atoms with van der Waals surface area (Å²) in [7, 11) is 0. The standard InChI is InChI=1S/C12H16ClN3S2/c13-10-6-9-11(17-10)18-16-12(15-9)14-7-8-4-2-1-3-5-8/h6,8H,1-5,7H2,(H2,14,15,16). The fourth-order valence-corrected chi connectivity index (χ4v) is 4.52. The van der Waals surface area contributed by atoms with Gasteiger partial charge in [-0.15, -0.1) is 11.3 Å². The Hall–Kier alpha value is -0.390. The maximum Gasteiger partial charge on any atom is 0.207 e. The number of hydrogen-bond donors (Lipinski definition) is 2. The van der Waals surface area contributed by atoms with Gasteiger partial charge in [0.1, 0.15) is 4.21 Å². The van der Waals surface area contributed by atoms with Gasteiger partial charge in [0.05, 0.1) is 10.0 Å². The van der Waals surface area contributed by atoms with Crippen LogP contribution in [0.25, 0.3) is 0 Å².